The standard InChI is InChI=1S/C23H26N2O2/c1-3-25-20-11-9-17-6-4-5-7-18(17)22(20)19-10-8-16(12-21(19)25)13-24-23(2,14-26)15-27/h4-12,24,26-27H,3,13-15H2,1-2H3. The van der Waals surface area contributed by atoms with Crippen LogP contribution in [0.3, 0.4) is 0 Å². The maximum atomic E-state index is 9.49. The Morgan fingerprint density at radius 1 is 0.926 bits per heavy atom. The molecule has 1 aromatic heterocycles. The average Bonchev–Trinajstić information content (AvgIpc) is 3.05. The lowest BCUT2D eigenvalue weighted by Gasteiger charge is -2.26. The molecule has 0 aliphatic rings. The van der Waals surface area contributed by atoms with E-state index in [1.807, 2.05) is 6.92 Å². The molecule has 3 N–H and O–H groups in total. The first-order valence-corrected chi connectivity index (χ1v) is 9.49. The minimum Gasteiger partial charge on any atom is -0.394 e. The minimum absolute atomic E-state index is 0.104. The number of hydrogen-bond acceptors (Lipinski definition) is 3. The Morgan fingerprint density at radius 3 is 2.44 bits per heavy atom. The Morgan fingerprint density at radius 2 is 1.70 bits per heavy atom. The number of nitrogens with zero attached hydrogens (tertiary/aromatic N) is 1. The van der Waals surface area contributed by atoms with Gasteiger partial charge in [0.05, 0.1) is 18.8 Å². The van der Waals surface area contributed by atoms with E-state index in [0.29, 0.717) is 6.54 Å². The summed E-state index contributed by atoms with van der Waals surface area (Å²) in [5, 5.41) is 27.4. The molecule has 0 spiro atoms. The van der Waals surface area contributed by atoms with Gasteiger partial charge in [0, 0.05) is 34.9 Å². The average molecular weight is 362 g/mol. The minimum atomic E-state index is -0.678. The van der Waals surface area contributed by atoms with E-state index in [4.69, 9.17) is 0 Å². The number of rotatable bonds is 6. The van der Waals surface area contributed by atoms with E-state index in [-0.39, 0.29) is 13.2 Å². The van der Waals surface area contributed by atoms with Gasteiger partial charge in [0.2, 0.25) is 0 Å². The number of fused-ring (bicyclic) bond motifs is 5. The molecule has 3 aromatic carbocycles. The lowest BCUT2D eigenvalue weighted by molar-refractivity contribution is 0.103. The number of benzene rings is 3. The van der Waals surface area contributed by atoms with Crippen molar-refractivity contribution in [3.05, 3.63) is 60.2 Å². The second kappa shape index (κ2) is 6.97. The molecular formula is C23H26N2O2. The van der Waals surface area contributed by atoms with Crippen molar-refractivity contribution in [3.63, 3.8) is 0 Å². The number of aliphatic hydroxyl groups is 2. The van der Waals surface area contributed by atoms with Crippen molar-refractivity contribution >= 4 is 32.6 Å². The highest BCUT2D eigenvalue weighted by atomic mass is 16.3. The van der Waals surface area contributed by atoms with Crippen molar-refractivity contribution in [1.82, 2.24) is 9.88 Å². The molecule has 0 unspecified atom stereocenters. The molecule has 0 atom stereocenters. The quantitative estimate of drug-likeness (QED) is 0.489. The second-order valence-corrected chi connectivity index (χ2v) is 7.51. The van der Waals surface area contributed by atoms with Crippen molar-refractivity contribution in [3.8, 4) is 0 Å². The lowest BCUT2D eigenvalue weighted by atomic mass is 10.0. The van der Waals surface area contributed by atoms with Crippen LogP contribution in [0, 0.1) is 0 Å². The Kier molecular flexibility index (Phi) is 4.64. The molecule has 27 heavy (non-hydrogen) atoms. The summed E-state index contributed by atoms with van der Waals surface area (Å²) in [4.78, 5) is 0. The molecule has 0 aliphatic heterocycles. The first-order valence-electron chi connectivity index (χ1n) is 9.49. The Bertz CT molecular complexity index is 1110. The fourth-order valence-electron chi connectivity index (χ4n) is 3.84. The van der Waals surface area contributed by atoms with Gasteiger partial charge in [-0.05, 0) is 42.3 Å². The molecule has 0 bridgehead atoms. The zero-order chi connectivity index (χ0) is 19.0. The molecule has 1 heterocycles. The SMILES string of the molecule is CCn1c2cc(CNC(C)(CO)CO)ccc2c2c3ccccc3ccc21. The van der Waals surface area contributed by atoms with Crippen molar-refractivity contribution < 1.29 is 10.2 Å². The summed E-state index contributed by atoms with van der Waals surface area (Å²) in [6, 6.07) is 19.5. The van der Waals surface area contributed by atoms with Crippen LogP contribution in [-0.4, -0.2) is 33.5 Å². The fraction of sp³-hybridized carbons (Fsp3) is 0.304. The second-order valence-electron chi connectivity index (χ2n) is 7.51. The molecule has 0 saturated heterocycles. The first kappa shape index (κ1) is 18.0. The summed E-state index contributed by atoms with van der Waals surface area (Å²) in [5.74, 6) is 0. The smallest absolute Gasteiger partial charge is 0.0633 e. The molecule has 0 radical (unpaired) electrons. The van der Waals surface area contributed by atoms with E-state index >= 15 is 0 Å². The lowest BCUT2D eigenvalue weighted by Crippen LogP contribution is -2.48. The normalized spacial score (nSPS) is 12.4. The van der Waals surface area contributed by atoms with E-state index in [9.17, 15) is 10.2 Å². The van der Waals surface area contributed by atoms with Gasteiger partial charge in [-0.3, -0.25) is 0 Å². The van der Waals surface area contributed by atoms with Gasteiger partial charge >= 0.3 is 0 Å². The number of hydrogen-bond donors (Lipinski definition) is 3. The summed E-state index contributed by atoms with van der Waals surface area (Å²) < 4.78 is 2.36. The molecule has 4 heteroatoms. The van der Waals surface area contributed by atoms with E-state index < -0.39 is 5.54 Å². The third kappa shape index (κ3) is 3.00. The van der Waals surface area contributed by atoms with Gasteiger partial charge < -0.3 is 20.1 Å². The fourth-order valence-corrected chi connectivity index (χ4v) is 3.84. The first-order chi connectivity index (χ1) is 13.1. The van der Waals surface area contributed by atoms with Gasteiger partial charge in [0.1, 0.15) is 0 Å². The number of aromatic nitrogens is 1. The summed E-state index contributed by atoms with van der Waals surface area (Å²) in [6.45, 7) is 5.29. The predicted molar refractivity (Wildman–Crippen MR) is 112 cm³/mol. The number of aryl methyl sites for hydroxylation is 1. The van der Waals surface area contributed by atoms with E-state index in [1.54, 1.807) is 0 Å². The zero-order valence-electron chi connectivity index (χ0n) is 15.9. The molecular weight excluding hydrogens is 336 g/mol. The molecule has 4 nitrogen and oxygen atoms in total. The number of aliphatic hydroxyl groups excluding tert-OH is 2. The van der Waals surface area contributed by atoms with Gasteiger partial charge in [-0.2, -0.15) is 0 Å². The summed E-state index contributed by atoms with van der Waals surface area (Å²) >= 11 is 0. The Labute approximate surface area is 159 Å². The molecule has 0 aliphatic carbocycles. The predicted octanol–water partition coefficient (Wildman–Crippen LogP) is 3.80. The zero-order valence-corrected chi connectivity index (χ0v) is 15.9. The van der Waals surface area contributed by atoms with E-state index in [1.165, 1.54) is 32.6 Å². The van der Waals surface area contributed by atoms with Gasteiger partial charge in [0.15, 0.2) is 0 Å². The van der Waals surface area contributed by atoms with Gasteiger partial charge in [-0.25, -0.2) is 0 Å². The monoisotopic (exact) mass is 362 g/mol. The van der Waals surface area contributed by atoms with E-state index in [2.05, 4.69) is 71.4 Å². The van der Waals surface area contributed by atoms with Crippen molar-refractivity contribution in [2.24, 2.45) is 0 Å². The molecule has 0 saturated carbocycles. The van der Waals surface area contributed by atoms with Crippen LogP contribution in [0.4, 0.5) is 0 Å². The van der Waals surface area contributed by atoms with Crippen LogP contribution in [0.15, 0.2) is 54.6 Å². The topological polar surface area (TPSA) is 57.4 Å². The van der Waals surface area contributed by atoms with Crippen LogP contribution in [-0.2, 0) is 13.1 Å². The van der Waals surface area contributed by atoms with Crippen LogP contribution < -0.4 is 5.32 Å². The highest BCUT2D eigenvalue weighted by Crippen LogP contribution is 2.35. The maximum absolute atomic E-state index is 9.49. The highest BCUT2D eigenvalue weighted by Gasteiger charge is 2.21. The maximum Gasteiger partial charge on any atom is 0.0633 e. The van der Waals surface area contributed by atoms with Crippen molar-refractivity contribution in [1.29, 1.82) is 0 Å². The third-order valence-corrected chi connectivity index (χ3v) is 5.55. The van der Waals surface area contributed by atoms with E-state index in [0.717, 1.165) is 12.1 Å². The highest BCUT2D eigenvalue weighted by molar-refractivity contribution is 6.20. The van der Waals surface area contributed by atoms with Crippen molar-refractivity contribution in [2.75, 3.05) is 13.2 Å². The van der Waals surface area contributed by atoms with Crippen LogP contribution in [0.1, 0.15) is 19.4 Å². The van der Waals surface area contributed by atoms with Gasteiger partial charge in [-0.15, -0.1) is 0 Å². The molecule has 140 valence electrons. The molecule has 0 amide bonds. The van der Waals surface area contributed by atoms with Crippen LogP contribution in [0.5, 0.6) is 0 Å². The summed E-state index contributed by atoms with van der Waals surface area (Å²) in [7, 11) is 0. The molecule has 0 fully saturated rings. The Balaban J connectivity index is 1.86. The number of nitrogens with one attached hydrogen (secondary N) is 1. The van der Waals surface area contributed by atoms with Gasteiger partial charge in [0.25, 0.3) is 0 Å². The van der Waals surface area contributed by atoms with Gasteiger partial charge in [-0.1, -0.05) is 42.5 Å². The van der Waals surface area contributed by atoms with Crippen LogP contribution in [0.2, 0.25) is 0 Å². The largest absolute Gasteiger partial charge is 0.394 e. The molecule has 4 rings (SSSR count). The van der Waals surface area contributed by atoms with Crippen LogP contribution >= 0.6 is 0 Å². The molecule has 4 aromatic rings. The van der Waals surface area contributed by atoms with Crippen LogP contribution in [0.25, 0.3) is 32.6 Å². The Hall–Kier alpha value is -2.40. The third-order valence-electron chi connectivity index (χ3n) is 5.55. The van der Waals surface area contributed by atoms with Crippen molar-refractivity contribution in [2.45, 2.75) is 32.5 Å². The summed E-state index contributed by atoms with van der Waals surface area (Å²) in [6.07, 6.45) is 0. The summed E-state index contributed by atoms with van der Waals surface area (Å²) in [5.41, 5.74) is 2.94.